The van der Waals surface area contributed by atoms with Gasteiger partial charge in [0.2, 0.25) is 17.7 Å². The molecule has 10 nitrogen and oxygen atoms in total. The quantitative estimate of drug-likeness (QED) is 0.402. The topological polar surface area (TPSA) is 130 Å². The van der Waals surface area contributed by atoms with E-state index in [9.17, 15) is 19.2 Å². The number of ether oxygens (including phenoxy) is 1. The second-order valence-corrected chi connectivity index (χ2v) is 13.8. The number of carbonyl (C=O) groups is 4. The van der Waals surface area contributed by atoms with E-state index < -0.39 is 41.1 Å². The van der Waals surface area contributed by atoms with Crippen LogP contribution in [-0.4, -0.2) is 64.0 Å². The Morgan fingerprint density at radius 2 is 1.64 bits per heavy atom. The summed E-state index contributed by atoms with van der Waals surface area (Å²) < 4.78 is 5.24. The van der Waals surface area contributed by atoms with E-state index >= 15 is 0 Å². The van der Waals surface area contributed by atoms with Crippen LogP contribution >= 0.6 is 11.3 Å². The SMILES string of the molecule is Cc1ncsc1-c1ccc([C@H](C)NC(=O)[C@@H]2CCCN2C(=O)C(NC(=O)[C@@H](C)NC(=O)OC(C)(C)C)C(C)(C)C)cc1. The average Bonchev–Trinajstić information content (AvgIpc) is 3.54. The summed E-state index contributed by atoms with van der Waals surface area (Å²) in [5, 5.41) is 8.40. The molecule has 1 aromatic heterocycles. The number of likely N-dealkylation sites (tertiary alicyclic amines) is 1. The molecule has 11 heteroatoms. The van der Waals surface area contributed by atoms with Crippen LogP contribution < -0.4 is 16.0 Å². The van der Waals surface area contributed by atoms with Crippen LogP contribution in [0.5, 0.6) is 0 Å². The Labute approximate surface area is 253 Å². The van der Waals surface area contributed by atoms with E-state index in [2.05, 4.69) is 20.9 Å². The third-order valence-electron chi connectivity index (χ3n) is 7.14. The van der Waals surface area contributed by atoms with Gasteiger partial charge in [-0.1, -0.05) is 45.0 Å². The number of alkyl carbamates (subject to hydrolysis) is 1. The number of amides is 4. The van der Waals surface area contributed by atoms with E-state index in [1.54, 1.807) is 37.0 Å². The maximum absolute atomic E-state index is 13.8. The lowest BCUT2D eigenvalue weighted by Gasteiger charge is -2.36. The van der Waals surface area contributed by atoms with Crippen LogP contribution in [0.25, 0.3) is 10.4 Å². The summed E-state index contributed by atoms with van der Waals surface area (Å²) in [5.74, 6) is -1.07. The summed E-state index contributed by atoms with van der Waals surface area (Å²) in [5.41, 5.74) is 3.49. The Balaban J connectivity index is 1.66. The largest absolute Gasteiger partial charge is 0.444 e. The first kappa shape index (κ1) is 33.0. The first-order valence-corrected chi connectivity index (χ1v) is 15.3. The van der Waals surface area contributed by atoms with Crippen LogP contribution in [0.4, 0.5) is 4.79 Å². The molecule has 42 heavy (non-hydrogen) atoms. The lowest BCUT2D eigenvalue weighted by Crippen LogP contribution is -2.60. The lowest BCUT2D eigenvalue weighted by molar-refractivity contribution is -0.144. The summed E-state index contributed by atoms with van der Waals surface area (Å²) in [6.45, 7) is 16.6. The highest BCUT2D eigenvalue weighted by atomic mass is 32.1. The molecule has 4 amide bonds. The molecule has 2 heterocycles. The van der Waals surface area contributed by atoms with E-state index in [0.29, 0.717) is 19.4 Å². The zero-order valence-electron chi connectivity index (χ0n) is 26.2. The molecule has 0 spiro atoms. The fourth-order valence-corrected chi connectivity index (χ4v) is 5.64. The lowest BCUT2D eigenvalue weighted by atomic mass is 9.85. The third-order valence-corrected chi connectivity index (χ3v) is 8.12. The number of nitrogens with one attached hydrogen (secondary N) is 3. The Morgan fingerprint density at radius 1 is 1.00 bits per heavy atom. The molecule has 1 saturated heterocycles. The van der Waals surface area contributed by atoms with Crippen molar-refractivity contribution in [3.8, 4) is 10.4 Å². The number of thiazole rings is 1. The molecule has 0 aliphatic carbocycles. The van der Waals surface area contributed by atoms with Crippen LogP contribution in [-0.2, 0) is 19.1 Å². The zero-order valence-corrected chi connectivity index (χ0v) is 27.0. The van der Waals surface area contributed by atoms with Gasteiger partial charge in [-0.05, 0) is 70.9 Å². The number of hydrogen-bond donors (Lipinski definition) is 3. The van der Waals surface area contributed by atoms with Crippen LogP contribution in [0, 0.1) is 12.3 Å². The minimum absolute atomic E-state index is 0.227. The summed E-state index contributed by atoms with van der Waals surface area (Å²) >= 11 is 1.59. The Bertz CT molecular complexity index is 1280. The number of rotatable bonds is 8. The Kier molecular flexibility index (Phi) is 10.4. The monoisotopic (exact) mass is 599 g/mol. The van der Waals surface area contributed by atoms with Gasteiger partial charge in [-0.15, -0.1) is 11.3 Å². The van der Waals surface area contributed by atoms with E-state index in [0.717, 1.165) is 21.7 Å². The first-order chi connectivity index (χ1) is 19.5. The average molecular weight is 600 g/mol. The van der Waals surface area contributed by atoms with Crippen LogP contribution in [0.15, 0.2) is 29.8 Å². The van der Waals surface area contributed by atoms with Crippen LogP contribution in [0.2, 0.25) is 0 Å². The number of hydrogen-bond acceptors (Lipinski definition) is 7. The summed E-state index contributed by atoms with van der Waals surface area (Å²) in [6, 6.07) is 5.31. The Hall–Kier alpha value is -3.47. The van der Waals surface area contributed by atoms with E-state index in [4.69, 9.17) is 4.74 Å². The zero-order chi connectivity index (χ0) is 31.4. The second-order valence-electron chi connectivity index (χ2n) is 13.0. The minimum atomic E-state index is -0.928. The minimum Gasteiger partial charge on any atom is -0.444 e. The predicted octanol–water partition coefficient (Wildman–Crippen LogP) is 4.73. The molecule has 0 saturated carbocycles. The fraction of sp³-hybridized carbons (Fsp3) is 0.581. The van der Waals surface area contributed by atoms with Gasteiger partial charge >= 0.3 is 6.09 Å². The van der Waals surface area contributed by atoms with Crippen molar-refractivity contribution in [2.75, 3.05) is 6.54 Å². The van der Waals surface area contributed by atoms with Gasteiger partial charge < -0.3 is 25.6 Å². The number of nitrogens with zero attached hydrogens (tertiary/aromatic N) is 2. The molecule has 3 rings (SSSR count). The molecule has 3 N–H and O–H groups in total. The van der Waals surface area contributed by atoms with E-state index in [1.807, 2.05) is 64.4 Å². The van der Waals surface area contributed by atoms with Crippen LogP contribution in [0.3, 0.4) is 0 Å². The standard InChI is InChI=1S/C31H45N5O5S/c1-18(21-12-14-22(15-13-21)24-19(2)32-17-42-24)33-27(38)23-11-10-16-36(23)28(39)25(30(4,5)6)35-26(37)20(3)34-29(40)41-31(7,8)9/h12-15,17-18,20,23,25H,10-11,16H2,1-9H3,(H,33,38)(H,34,40)(H,35,37)/t18-,20+,23-,25?/m0/s1. The van der Waals surface area contributed by atoms with Crippen molar-refractivity contribution in [3.05, 3.63) is 41.0 Å². The number of aryl methyl sites for hydroxylation is 1. The van der Waals surface area contributed by atoms with Gasteiger partial charge in [0, 0.05) is 6.54 Å². The molecule has 2 aromatic rings. The van der Waals surface area contributed by atoms with E-state index in [-0.39, 0.29) is 17.9 Å². The first-order valence-electron chi connectivity index (χ1n) is 14.4. The van der Waals surface area contributed by atoms with Gasteiger partial charge in [-0.3, -0.25) is 14.4 Å². The summed E-state index contributed by atoms with van der Waals surface area (Å²) in [7, 11) is 0. The molecular weight excluding hydrogens is 554 g/mol. The van der Waals surface area contributed by atoms with Crippen molar-refractivity contribution in [3.63, 3.8) is 0 Å². The smallest absolute Gasteiger partial charge is 0.408 e. The van der Waals surface area contributed by atoms with Crippen LogP contribution in [0.1, 0.15) is 85.5 Å². The van der Waals surface area contributed by atoms with Crippen molar-refractivity contribution in [2.45, 2.75) is 105 Å². The van der Waals surface area contributed by atoms with Crippen molar-refractivity contribution in [2.24, 2.45) is 5.41 Å². The maximum Gasteiger partial charge on any atom is 0.408 e. The third kappa shape index (κ3) is 8.53. The molecular formula is C31H45N5O5S. The summed E-state index contributed by atoms with van der Waals surface area (Å²) in [4.78, 5) is 59.4. The van der Waals surface area contributed by atoms with Crippen molar-refractivity contribution in [1.82, 2.24) is 25.8 Å². The Morgan fingerprint density at radius 3 is 2.19 bits per heavy atom. The molecule has 230 valence electrons. The predicted molar refractivity (Wildman–Crippen MR) is 164 cm³/mol. The molecule has 1 fully saturated rings. The highest BCUT2D eigenvalue weighted by Crippen LogP contribution is 2.29. The normalized spacial score (nSPS) is 17.6. The molecule has 0 bridgehead atoms. The molecule has 4 atom stereocenters. The van der Waals surface area contributed by atoms with Gasteiger partial charge in [0.05, 0.1) is 22.1 Å². The van der Waals surface area contributed by atoms with Gasteiger partial charge in [0.15, 0.2) is 0 Å². The van der Waals surface area contributed by atoms with Gasteiger partial charge in [0.1, 0.15) is 23.7 Å². The van der Waals surface area contributed by atoms with Gasteiger partial charge in [-0.2, -0.15) is 0 Å². The molecule has 0 radical (unpaired) electrons. The van der Waals surface area contributed by atoms with E-state index in [1.165, 1.54) is 6.92 Å². The highest BCUT2D eigenvalue weighted by molar-refractivity contribution is 7.13. The summed E-state index contributed by atoms with van der Waals surface area (Å²) in [6.07, 6.45) is 0.500. The number of benzene rings is 1. The maximum atomic E-state index is 13.8. The molecule has 1 aromatic carbocycles. The van der Waals surface area contributed by atoms with Crippen molar-refractivity contribution < 1.29 is 23.9 Å². The molecule has 1 unspecified atom stereocenters. The van der Waals surface area contributed by atoms with Gasteiger partial charge in [0.25, 0.3) is 0 Å². The van der Waals surface area contributed by atoms with Crippen molar-refractivity contribution >= 4 is 35.2 Å². The van der Waals surface area contributed by atoms with Gasteiger partial charge in [-0.25, -0.2) is 9.78 Å². The molecule has 1 aliphatic heterocycles. The highest BCUT2D eigenvalue weighted by Gasteiger charge is 2.42. The molecule has 1 aliphatic rings. The second kappa shape index (κ2) is 13.2. The number of aromatic nitrogens is 1. The number of carbonyl (C=O) groups excluding carboxylic acids is 4. The fourth-order valence-electron chi connectivity index (χ4n) is 4.83. The van der Waals surface area contributed by atoms with Crippen molar-refractivity contribution in [1.29, 1.82) is 0 Å².